The van der Waals surface area contributed by atoms with E-state index in [0.29, 0.717) is 0 Å². The molecule has 0 amide bonds. The van der Waals surface area contributed by atoms with Crippen molar-refractivity contribution in [3.63, 3.8) is 0 Å². The van der Waals surface area contributed by atoms with E-state index in [-0.39, 0.29) is 0 Å². The fourth-order valence-corrected chi connectivity index (χ4v) is 1.42. The lowest BCUT2D eigenvalue weighted by Crippen LogP contribution is -2.06. The standard InChI is InChI=1S/C7H9ClN2S/c1-10(2)5-9-7-4-3-6(8)11-7/h3-5H,1-2H3/b9-5+. The molecule has 1 rings (SSSR count). The minimum absolute atomic E-state index is 0.774. The van der Waals surface area contributed by atoms with E-state index in [4.69, 9.17) is 11.6 Å². The van der Waals surface area contributed by atoms with Gasteiger partial charge in [0.1, 0.15) is 5.00 Å². The monoisotopic (exact) mass is 188 g/mol. The highest BCUT2D eigenvalue weighted by atomic mass is 35.5. The lowest BCUT2D eigenvalue weighted by molar-refractivity contribution is 0.643. The lowest BCUT2D eigenvalue weighted by Gasteiger charge is -1.99. The molecular weight excluding hydrogens is 180 g/mol. The first-order valence-corrected chi connectivity index (χ1v) is 4.34. The molecule has 0 aliphatic rings. The Kier molecular flexibility index (Phi) is 2.91. The van der Waals surface area contributed by atoms with Gasteiger partial charge in [-0.3, -0.25) is 0 Å². The van der Waals surface area contributed by atoms with Gasteiger partial charge in [0.15, 0.2) is 0 Å². The van der Waals surface area contributed by atoms with Gasteiger partial charge in [-0.25, -0.2) is 4.99 Å². The largest absolute Gasteiger partial charge is 0.369 e. The molecule has 2 nitrogen and oxygen atoms in total. The Morgan fingerprint density at radius 2 is 2.27 bits per heavy atom. The minimum Gasteiger partial charge on any atom is -0.369 e. The molecule has 0 N–H and O–H groups in total. The normalized spacial score (nSPS) is 10.8. The van der Waals surface area contributed by atoms with E-state index < -0.39 is 0 Å². The van der Waals surface area contributed by atoms with Gasteiger partial charge < -0.3 is 4.90 Å². The molecule has 60 valence electrons. The second-order valence-electron chi connectivity index (χ2n) is 2.29. The van der Waals surface area contributed by atoms with Crippen molar-refractivity contribution in [1.29, 1.82) is 0 Å². The zero-order valence-electron chi connectivity index (χ0n) is 6.41. The van der Waals surface area contributed by atoms with Crippen molar-refractivity contribution in [3.05, 3.63) is 16.5 Å². The summed E-state index contributed by atoms with van der Waals surface area (Å²) in [5.74, 6) is 0. The summed E-state index contributed by atoms with van der Waals surface area (Å²) in [4.78, 5) is 6.04. The van der Waals surface area contributed by atoms with Crippen LogP contribution < -0.4 is 0 Å². The third-order valence-corrected chi connectivity index (χ3v) is 2.11. The van der Waals surface area contributed by atoms with Crippen molar-refractivity contribution in [3.8, 4) is 0 Å². The SMILES string of the molecule is CN(C)/C=N/c1ccc(Cl)s1. The molecule has 0 bridgehead atoms. The Hall–Kier alpha value is -0.540. The fourth-order valence-electron chi connectivity index (χ4n) is 0.547. The summed E-state index contributed by atoms with van der Waals surface area (Å²) in [6, 6.07) is 3.74. The first-order valence-electron chi connectivity index (χ1n) is 3.14. The Morgan fingerprint density at radius 1 is 1.55 bits per heavy atom. The predicted molar refractivity (Wildman–Crippen MR) is 51.2 cm³/mol. The van der Waals surface area contributed by atoms with Gasteiger partial charge in [0, 0.05) is 14.1 Å². The van der Waals surface area contributed by atoms with Crippen LogP contribution in [0.2, 0.25) is 4.34 Å². The molecule has 0 saturated heterocycles. The molecule has 0 aromatic carbocycles. The first kappa shape index (κ1) is 8.56. The highest BCUT2D eigenvalue weighted by Crippen LogP contribution is 2.27. The van der Waals surface area contributed by atoms with Gasteiger partial charge in [-0.1, -0.05) is 11.6 Å². The van der Waals surface area contributed by atoms with Crippen molar-refractivity contribution in [2.24, 2.45) is 4.99 Å². The van der Waals surface area contributed by atoms with Gasteiger partial charge in [0.25, 0.3) is 0 Å². The minimum atomic E-state index is 0.774. The molecule has 0 atom stereocenters. The topological polar surface area (TPSA) is 15.6 Å². The summed E-state index contributed by atoms with van der Waals surface area (Å²) in [7, 11) is 3.86. The van der Waals surface area contributed by atoms with Crippen LogP contribution in [0.25, 0.3) is 0 Å². The van der Waals surface area contributed by atoms with E-state index in [1.165, 1.54) is 11.3 Å². The smallest absolute Gasteiger partial charge is 0.119 e. The highest BCUT2D eigenvalue weighted by molar-refractivity contribution is 7.19. The van der Waals surface area contributed by atoms with Crippen LogP contribution in [0.5, 0.6) is 0 Å². The van der Waals surface area contributed by atoms with Gasteiger partial charge in [0.05, 0.1) is 10.7 Å². The summed E-state index contributed by atoms with van der Waals surface area (Å²) in [6.45, 7) is 0. The van der Waals surface area contributed by atoms with E-state index in [2.05, 4.69) is 4.99 Å². The zero-order chi connectivity index (χ0) is 8.27. The summed E-state index contributed by atoms with van der Waals surface area (Å²) in [5.41, 5.74) is 0. The first-order chi connectivity index (χ1) is 5.18. The molecule has 0 aliphatic heterocycles. The quantitative estimate of drug-likeness (QED) is 0.515. The maximum atomic E-state index is 5.71. The van der Waals surface area contributed by atoms with Crippen LogP contribution in [-0.2, 0) is 0 Å². The Morgan fingerprint density at radius 3 is 2.73 bits per heavy atom. The molecule has 1 heterocycles. The Labute approximate surface area is 75.1 Å². The summed E-state index contributed by atoms with van der Waals surface area (Å²) in [5, 5.41) is 0.934. The fraction of sp³-hybridized carbons (Fsp3) is 0.286. The van der Waals surface area contributed by atoms with Crippen LogP contribution >= 0.6 is 22.9 Å². The Balaban J connectivity index is 2.64. The van der Waals surface area contributed by atoms with E-state index >= 15 is 0 Å². The highest BCUT2D eigenvalue weighted by Gasteiger charge is 1.92. The van der Waals surface area contributed by atoms with Gasteiger partial charge in [-0.05, 0) is 12.1 Å². The van der Waals surface area contributed by atoms with Gasteiger partial charge >= 0.3 is 0 Å². The maximum absolute atomic E-state index is 5.71. The number of hydrogen-bond acceptors (Lipinski definition) is 2. The van der Waals surface area contributed by atoms with Crippen LogP contribution in [-0.4, -0.2) is 25.3 Å². The molecule has 0 fully saturated rings. The van der Waals surface area contributed by atoms with E-state index in [9.17, 15) is 0 Å². The van der Waals surface area contributed by atoms with Crippen molar-refractivity contribution >= 4 is 34.3 Å². The number of halogens is 1. The Bertz CT molecular complexity index is 255. The molecule has 1 aromatic heterocycles. The van der Waals surface area contributed by atoms with Gasteiger partial charge in [-0.15, -0.1) is 11.3 Å². The molecule has 11 heavy (non-hydrogen) atoms. The van der Waals surface area contributed by atoms with E-state index in [1.54, 1.807) is 6.34 Å². The van der Waals surface area contributed by atoms with Crippen molar-refractivity contribution in [1.82, 2.24) is 4.90 Å². The molecule has 0 saturated carbocycles. The zero-order valence-corrected chi connectivity index (χ0v) is 7.99. The summed E-state index contributed by atoms with van der Waals surface area (Å²) in [6.07, 6.45) is 1.75. The van der Waals surface area contributed by atoms with Crippen LogP contribution in [0.4, 0.5) is 5.00 Å². The van der Waals surface area contributed by atoms with Crippen molar-refractivity contribution in [2.75, 3.05) is 14.1 Å². The van der Waals surface area contributed by atoms with Crippen LogP contribution in [0, 0.1) is 0 Å². The molecule has 1 aromatic rings. The molecule has 0 spiro atoms. The summed E-state index contributed by atoms with van der Waals surface area (Å²) >= 11 is 7.18. The molecule has 0 unspecified atom stereocenters. The third-order valence-electron chi connectivity index (χ3n) is 0.975. The molecular formula is C7H9ClN2S. The van der Waals surface area contributed by atoms with Crippen LogP contribution in [0.3, 0.4) is 0 Å². The third kappa shape index (κ3) is 2.91. The number of nitrogens with zero attached hydrogens (tertiary/aromatic N) is 2. The predicted octanol–water partition coefficient (Wildman–Crippen LogP) is 2.62. The van der Waals surface area contributed by atoms with Gasteiger partial charge in [-0.2, -0.15) is 0 Å². The van der Waals surface area contributed by atoms with E-state index in [1.807, 2.05) is 31.1 Å². The average molecular weight is 189 g/mol. The van der Waals surface area contributed by atoms with E-state index in [0.717, 1.165) is 9.34 Å². The van der Waals surface area contributed by atoms with Crippen molar-refractivity contribution < 1.29 is 0 Å². The second-order valence-corrected chi connectivity index (χ2v) is 3.98. The number of thiophene rings is 1. The lowest BCUT2D eigenvalue weighted by atomic mass is 10.6. The molecule has 4 heteroatoms. The number of aliphatic imine (C=N–C) groups is 1. The van der Waals surface area contributed by atoms with Crippen LogP contribution in [0.15, 0.2) is 17.1 Å². The van der Waals surface area contributed by atoms with Crippen molar-refractivity contribution in [2.45, 2.75) is 0 Å². The second kappa shape index (κ2) is 3.74. The number of rotatable bonds is 2. The number of hydrogen-bond donors (Lipinski definition) is 0. The summed E-state index contributed by atoms with van der Waals surface area (Å²) < 4.78 is 0.774. The van der Waals surface area contributed by atoms with Gasteiger partial charge in [0.2, 0.25) is 0 Å². The molecule has 0 radical (unpaired) electrons. The maximum Gasteiger partial charge on any atom is 0.119 e. The van der Waals surface area contributed by atoms with Crippen LogP contribution in [0.1, 0.15) is 0 Å². The molecule has 0 aliphatic carbocycles. The average Bonchev–Trinajstić information content (AvgIpc) is 2.31.